The summed E-state index contributed by atoms with van der Waals surface area (Å²) < 4.78 is 0.719. The minimum Gasteiger partial charge on any atom is -0.340 e. The third kappa shape index (κ3) is 3.19. The van der Waals surface area contributed by atoms with Crippen LogP contribution in [-0.4, -0.2) is 30.9 Å². The second-order valence-electron chi connectivity index (χ2n) is 3.14. The van der Waals surface area contributed by atoms with Crippen LogP contribution >= 0.6 is 27.5 Å². The van der Waals surface area contributed by atoms with Gasteiger partial charge in [0, 0.05) is 30.2 Å². The molecule has 0 aliphatic heterocycles. The van der Waals surface area contributed by atoms with E-state index in [1.54, 1.807) is 30.1 Å². The molecule has 1 aromatic rings. The first-order chi connectivity index (χ1) is 7.06. The van der Waals surface area contributed by atoms with Gasteiger partial charge in [0.05, 0.1) is 5.02 Å². The van der Waals surface area contributed by atoms with Gasteiger partial charge >= 0.3 is 0 Å². The normalized spacial score (nSPS) is 10.1. The summed E-state index contributed by atoms with van der Waals surface area (Å²) in [5.74, 6) is -0.0576. The van der Waals surface area contributed by atoms with Crippen molar-refractivity contribution in [2.75, 3.05) is 20.1 Å². The molecule has 0 spiro atoms. The Labute approximate surface area is 102 Å². The van der Waals surface area contributed by atoms with E-state index in [0.29, 0.717) is 23.7 Å². The third-order valence-electron chi connectivity index (χ3n) is 1.98. The minimum absolute atomic E-state index is 0.0576. The topological polar surface area (TPSA) is 46.3 Å². The largest absolute Gasteiger partial charge is 0.340 e. The highest BCUT2D eigenvalue weighted by molar-refractivity contribution is 9.10. The number of rotatable bonds is 3. The molecule has 0 radical (unpaired) electrons. The molecular weight excluding hydrogens is 279 g/mol. The molecule has 0 saturated heterocycles. The minimum atomic E-state index is -0.0576. The smallest absolute Gasteiger partial charge is 0.253 e. The van der Waals surface area contributed by atoms with Crippen molar-refractivity contribution in [3.8, 4) is 0 Å². The molecule has 1 aromatic carbocycles. The van der Waals surface area contributed by atoms with E-state index >= 15 is 0 Å². The molecule has 0 saturated carbocycles. The van der Waals surface area contributed by atoms with Crippen LogP contribution in [0.15, 0.2) is 22.7 Å². The van der Waals surface area contributed by atoms with E-state index in [0.717, 1.165) is 4.47 Å². The maximum atomic E-state index is 11.8. The summed E-state index contributed by atoms with van der Waals surface area (Å²) in [6.45, 7) is 0.996. The van der Waals surface area contributed by atoms with Crippen LogP contribution in [0.25, 0.3) is 0 Å². The number of nitrogens with two attached hydrogens (primary N) is 1. The zero-order valence-corrected chi connectivity index (χ0v) is 10.7. The number of hydrogen-bond donors (Lipinski definition) is 1. The number of halogens is 2. The number of carbonyl (C=O) groups excluding carboxylic acids is 1. The summed E-state index contributed by atoms with van der Waals surface area (Å²) in [7, 11) is 1.72. The number of carbonyl (C=O) groups is 1. The van der Waals surface area contributed by atoms with E-state index in [1.807, 2.05) is 0 Å². The van der Waals surface area contributed by atoms with E-state index in [9.17, 15) is 4.79 Å². The molecule has 0 unspecified atom stereocenters. The van der Waals surface area contributed by atoms with Crippen molar-refractivity contribution in [2.24, 2.45) is 5.73 Å². The van der Waals surface area contributed by atoms with Crippen molar-refractivity contribution in [2.45, 2.75) is 0 Å². The van der Waals surface area contributed by atoms with Crippen molar-refractivity contribution in [1.29, 1.82) is 0 Å². The van der Waals surface area contributed by atoms with Gasteiger partial charge in [0.1, 0.15) is 0 Å². The Morgan fingerprint density at radius 2 is 2.27 bits per heavy atom. The van der Waals surface area contributed by atoms with Crippen LogP contribution in [0, 0.1) is 0 Å². The van der Waals surface area contributed by atoms with E-state index in [2.05, 4.69) is 15.9 Å². The highest BCUT2D eigenvalue weighted by Crippen LogP contribution is 2.23. The number of nitrogens with zero attached hydrogens (tertiary/aromatic N) is 1. The molecule has 0 bridgehead atoms. The monoisotopic (exact) mass is 290 g/mol. The maximum Gasteiger partial charge on any atom is 0.253 e. The molecule has 0 aromatic heterocycles. The average Bonchev–Trinajstić information content (AvgIpc) is 2.21. The molecule has 2 N–H and O–H groups in total. The number of hydrogen-bond acceptors (Lipinski definition) is 2. The Bertz CT molecular complexity index is 370. The summed E-state index contributed by atoms with van der Waals surface area (Å²) in [6.07, 6.45) is 0. The molecule has 0 aliphatic carbocycles. The lowest BCUT2D eigenvalue weighted by molar-refractivity contribution is 0.0799. The van der Waals surface area contributed by atoms with Crippen LogP contribution in [0.1, 0.15) is 10.4 Å². The van der Waals surface area contributed by atoms with Crippen molar-refractivity contribution in [1.82, 2.24) is 4.90 Å². The SMILES string of the molecule is CN(CCN)C(=O)c1ccc(Cl)c(Br)c1. The van der Waals surface area contributed by atoms with Gasteiger partial charge in [0.2, 0.25) is 0 Å². The molecule has 82 valence electrons. The fraction of sp³-hybridized carbons (Fsp3) is 0.300. The fourth-order valence-electron chi connectivity index (χ4n) is 1.14. The molecule has 1 amide bonds. The Morgan fingerprint density at radius 3 is 2.80 bits per heavy atom. The average molecular weight is 292 g/mol. The van der Waals surface area contributed by atoms with Gasteiger partial charge in [0.15, 0.2) is 0 Å². The number of benzene rings is 1. The van der Waals surface area contributed by atoms with Crippen LogP contribution in [0.5, 0.6) is 0 Å². The first-order valence-corrected chi connectivity index (χ1v) is 5.64. The molecule has 0 fully saturated rings. The second kappa shape index (κ2) is 5.49. The Morgan fingerprint density at radius 1 is 1.60 bits per heavy atom. The van der Waals surface area contributed by atoms with Gasteiger partial charge in [-0.1, -0.05) is 11.6 Å². The molecule has 3 nitrogen and oxygen atoms in total. The van der Waals surface area contributed by atoms with Gasteiger partial charge in [-0.05, 0) is 34.1 Å². The van der Waals surface area contributed by atoms with Gasteiger partial charge in [-0.15, -0.1) is 0 Å². The highest BCUT2D eigenvalue weighted by Gasteiger charge is 2.11. The molecule has 15 heavy (non-hydrogen) atoms. The first-order valence-electron chi connectivity index (χ1n) is 4.47. The summed E-state index contributed by atoms with van der Waals surface area (Å²) in [4.78, 5) is 13.4. The standard InChI is InChI=1S/C10H12BrClN2O/c1-14(5-4-13)10(15)7-2-3-9(12)8(11)6-7/h2-3,6H,4-5,13H2,1H3. The fourth-order valence-corrected chi connectivity index (χ4v) is 1.64. The van der Waals surface area contributed by atoms with Gasteiger partial charge in [-0.2, -0.15) is 0 Å². The predicted octanol–water partition coefficient (Wildman–Crippen LogP) is 2.13. The highest BCUT2D eigenvalue weighted by atomic mass is 79.9. The maximum absolute atomic E-state index is 11.8. The van der Waals surface area contributed by atoms with E-state index in [-0.39, 0.29) is 5.91 Å². The van der Waals surface area contributed by atoms with Gasteiger partial charge in [-0.3, -0.25) is 4.79 Å². The molecular formula is C10H12BrClN2O. The quantitative estimate of drug-likeness (QED) is 0.927. The van der Waals surface area contributed by atoms with Crippen LogP contribution in [0.2, 0.25) is 5.02 Å². The third-order valence-corrected chi connectivity index (χ3v) is 3.19. The van der Waals surface area contributed by atoms with E-state index in [4.69, 9.17) is 17.3 Å². The predicted molar refractivity (Wildman–Crippen MR) is 65.2 cm³/mol. The summed E-state index contributed by atoms with van der Waals surface area (Å²) in [5.41, 5.74) is 5.97. The van der Waals surface area contributed by atoms with Crippen molar-refractivity contribution < 1.29 is 4.79 Å². The van der Waals surface area contributed by atoms with E-state index in [1.165, 1.54) is 0 Å². The Kier molecular flexibility index (Phi) is 4.57. The van der Waals surface area contributed by atoms with Crippen LogP contribution in [0.4, 0.5) is 0 Å². The van der Waals surface area contributed by atoms with Gasteiger partial charge < -0.3 is 10.6 Å². The lowest BCUT2D eigenvalue weighted by Crippen LogP contribution is -2.31. The lowest BCUT2D eigenvalue weighted by atomic mass is 10.2. The number of likely N-dealkylation sites (N-methyl/N-ethyl adjacent to an activating group) is 1. The summed E-state index contributed by atoms with van der Waals surface area (Å²) >= 11 is 9.11. The van der Waals surface area contributed by atoms with Crippen LogP contribution in [-0.2, 0) is 0 Å². The summed E-state index contributed by atoms with van der Waals surface area (Å²) in [6, 6.07) is 5.09. The lowest BCUT2D eigenvalue weighted by Gasteiger charge is -2.16. The molecule has 0 atom stereocenters. The first kappa shape index (κ1) is 12.5. The Balaban J connectivity index is 2.87. The zero-order valence-electron chi connectivity index (χ0n) is 8.34. The molecule has 0 heterocycles. The van der Waals surface area contributed by atoms with Crippen molar-refractivity contribution in [3.05, 3.63) is 33.3 Å². The Hall–Kier alpha value is -0.580. The second-order valence-corrected chi connectivity index (χ2v) is 4.41. The van der Waals surface area contributed by atoms with Crippen LogP contribution < -0.4 is 5.73 Å². The molecule has 5 heteroatoms. The molecule has 0 aliphatic rings. The van der Waals surface area contributed by atoms with Crippen LogP contribution in [0.3, 0.4) is 0 Å². The van der Waals surface area contributed by atoms with Gasteiger partial charge in [0.25, 0.3) is 5.91 Å². The van der Waals surface area contributed by atoms with Crippen molar-refractivity contribution >= 4 is 33.4 Å². The van der Waals surface area contributed by atoms with E-state index < -0.39 is 0 Å². The van der Waals surface area contributed by atoms with Crippen molar-refractivity contribution in [3.63, 3.8) is 0 Å². The summed E-state index contributed by atoms with van der Waals surface area (Å²) in [5, 5.41) is 0.591. The number of amides is 1. The van der Waals surface area contributed by atoms with Gasteiger partial charge in [-0.25, -0.2) is 0 Å². The zero-order chi connectivity index (χ0) is 11.4. The molecule has 1 rings (SSSR count).